The van der Waals surface area contributed by atoms with Crippen molar-refractivity contribution in [3.8, 4) is 11.4 Å². The molecular formula is C18H17FN4OS. The molecule has 0 saturated carbocycles. The summed E-state index contributed by atoms with van der Waals surface area (Å²) >= 11 is 1.31. The lowest BCUT2D eigenvalue weighted by atomic mass is 10.1. The van der Waals surface area contributed by atoms with E-state index < -0.39 is 0 Å². The highest BCUT2D eigenvalue weighted by Gasteiger charge is 2.15. The number of halogens is 1. The van der Waals surface area contributed by atoms with Gasteiger partial charge in [-0.25, -0.2) is 4.39 Å². The van der Waals surface area contributed by atoms with Crippen LogP contribution in [0.2, 0.25) is 0 Å². The first-order chi connectivity index (χ1) is 12.1. The lowest BCUT2D eigenvalue weighted by Crippen LogP contribution is -2.05. The number of ketones is 1. The van der Waals surface area contributed by atoms with Crippen LogP contribution in [0.1, 0.15) is 17.3 Å². The molecule has 0 unspecified atom stereocenters. The largest absolute Gasteiger partial charge is 0.399 e. The average molecular weight is 356 g/mol. The van der Waals surface area contributed by atoms with E-state index in [9.17, 15) is 9.18 Å². The van der Waals surface area contributed by atoms with Gasteiger partial charge in [0.25, 0.3) is 0 Å². The highest BCUT2D eigenvalue weighted by molar-refractivity contribution is 7.99. The Morgan fingerprint density at radius 1 is 1.20 bits per heavy atom. The summed E-state index contributed by atoms with van der Waals surface area (Å²) in [7, 11) is 0. The van der Waals surface area contributed by atoms with Gasteiger partial charge in [-0.3, -0.25) is 4.79 Å². The lowest BCUT2D eigenvalue weighted by molar-refractivity contribution is 0.102. The van der Waals surface area contributed by atoms with Crippen molar-refractivity contribution in [2.24, 2.45) is 0 Å². The molecule has 0 spiro atoms. The van der Waals surface area contributed by atoms with Gasteiger partial charge in [0.15, 0.2) is 16.8 Å². The zero-order chi connectivity index (χ0) is 17.8. The Morgan fingerprint density at radius 3 is 2.64 bits per heavy atom. The van der Waals surface area contributed by atoms with E-state index in [-0.39, 0.29) is 17.4 Å². The van der Waals surface area contributed by atoms with E-state index in [1.54, 1.807) is 0 Å². The summed E-state index contributed by atoms with van der Waals surface area (Å²) in [6.45, 7) is 2.66. The molecule has 3 aromatic rings. The molecule has 0 aliphatic carbocycles. The third-order valence-electron chi connectivity index (χ3n) is 3.68. The Bertz CT molecular complexity index is 892. The molecule has 2 aromatic carbocycles. The van der Waals surface area contributed by atoms with E-state index in [0.29, 0.717) is 28.8 Å². The first-order valence-corrected chi connectivity index (χ1v) is 8.77. The number of hydrogen-bond acceptors (Lipinski definition) is 5. The van der Waals surface area contributed by atoms with Gasteiger partial charge < -0.3 is 10.3 Å². The number of thioether (sulfide) groups is 1. The van der Waals surface area contributed by atoms with Gasteiger partial charge in [0.1, 0.15) is 5.82 Å². The number of benzene rings is 2. The summed E-state index contributed by atoms with van der Waals surface area (Å²) in [6, 6.07) is 13.0. The van der Waals surface area contributed by atoms with Crippen molar-refractivity contribution in [1.82, 2.24) is 14.8 Å². The highest BCUT2D eigenvalue weighted by atomic mass is 32.2. The number of nitrogens with zero attached hydrogens (tertiary/aromatic N) is 3. The quantitative estimate of drug-likeness (QED) is 0.414. The fourth-order valence-corrected chi connectivity index (χ4v) is 3.32. The van der Waals surface area contributed by atoms with Crippen LogP contribution in [-0.4, -0.2) is 26.3 Å². The number of Topliss-reactive ketones (excluding diaryl/α,β-unsaturated/α-hetero) is 1. The number of carbonyl (C=O) groups excluding carboxylic acids is 1. The lowest BCUT2D eigenvalue weighted by Gasteiger charge is -2.07. The van der Waals surface area contributed by atoms with Crippen LogP contribution in [0, 0.1) is 5.82 Å². The molecule has 0 saturated heterocycles. The molecule has 2 N–H and O–H groups in total. The monoisotopic (exact) mass is 356 g/mol. The molecule has 0 bridgehead atoms. The smallest absolute Gasteiger partial charge is 0.191 e. The predicted octanol–water partition coefficient (Wildman–Crippen LogP) is 3.66. The van der Waals surface area contributed by atoms with E-state index in [4.69, 9.17) is 5.73 Å². The number of aromatic nitrogens is 3. The maximum absolute atomic E-state index is 12.9. The summed E-state index contributed by atoms with van der Waals surface area (Å²) < 4.78 is 14.9. The van der Waals surface area contributed by atoms with Gasteiger partial charge in [0, 0.05) is 23.4 Å². The van der Waals surface area contributed by atoms with Crippen LogP contribution >= 0.6 is 11.8 Å². The van der Waals surface area contributed by atoms with Crippen molar-refractivity contribution in [3.63, 3.8) is 0 Å². The highest BCUT2D eigenvalue weighted by Crippen LogP contribution is 2.25. The van der Waals surface area contributed by atoms with E-state index in [2.05, 4.69) is 10.2 Å². The Labute approximate surface area is 149 Å². The molecule has 25 heavy (non-hydrogen) atoms. The van der Waals surface area contributed by atoms with E-state index in [1.165, 1.54) is 36.0 Å². The van der Waals surface area contributed by atoms with Crippen molar-refractivity contribution >= 4 is 23.2 Å². The zero-order valence-corrected chi connectivity index (χ0v) is 14.5. The van der Waals surface area contributed by atoms with Crippen molar-refractivity contribution in [1.29, 1.82) is 0 Å². The Kier molecular flexibility index (Phi) is 5.14. The molecule has 1 heterocycles. The zero-order valence-electron chi connectivity index (χ0n) is 13.6. The van der Waals surface area contributed by atoms with E-state index in [0.717, 1.165) is 5.56 Å². The summed E-state index contributed by atoms with van der Waals surface area (Å²) in [5.41, 5.74) is 7.85. The van der Waals surface area contributed by atoms with Crippen molar-refractivity contribution in [2.45, 2.75) is 18.6 Å². The first-order valence-electron chi connectivity index (χ1n) is 7.79. The number of nitrogens with two attached hydrogens (primary N) is 1. The summed E-state index contributed by atoms with van der Waals surface area (Å²) in [4.78, 5) is 12.2. The molecular weight excluding hydrogens is 339 g/mol. The molecule has 5 nitrogen and oxygen atoms in total. The Hall–Kier alpha value is -2.67. The second kappa shape index (κ2) is 7.48. The molecule has 0 amide bonds. The second-order valence-electron chi connectivity index (χ2n) is 5.39. The Balaban J connectivity index is 1.77. The van der Waals surface area contributed by atoms with Gasteiger partial charge in [-0.15, -0.1) is 10.2 Å². The molecule has 0 aliphatic heterocycles. The number of carbonyl (C=O) groups is 1. The maximum Gasteiger partial charge on any atom is 0.191 e. The summed E-state index contributed by atoms with van der Waals surface area (Å²) in [6.07, 6.45) is 0. The number of anilines is 1. The molecule has 128 valence electrons. The topological polar surface area (TPSA) is 73.8 Å². The van der Waals surface area contributed by atoms with Crippen molar-refractivity contribution in [2.75, 3.05) is 11.5 Å². The minimum atomic E-state index is -0.360. The van der Waals surface area contributed by atoms with Crippen LogP contribution < -0.4 is 5.73 Å². The van der Waals surface area contributed by atoms with Gasteiger partial charge >= 0.3 is 0 Å². The Morgan fingerprint density at radius 2 is 1.96 bits per heavy atom. The minimum absolute atomic E-state index is 0.0823. The van der Waals surface area contributed by atoms with Crippen LogP contribution in [0.3, 0.4) is 0 Å². The van der Waals surface area contributed by atoms with Gasteiger partial charge in [-0.2, -0.15) is 0 Å². The third kappa shape index (κ3) is 3.88. The number of nitrogen functional groups attached to an aromatic ring is 1. The third-order valence-corrected chi connectivity index (χ3v) is 4.64. The first kappa shape index (κ1) is 17.2. The number of hydrogen-bond donors (Lipinski definition) is 1. The van der Waals surface area contributed by atoms with Crippen molar-refractivity contribution < 1.29 is 9.18 Å². The number of rotatable bonds is 6. The minimum Gasteiger partial charge on any atom is -0.399 e. The fraction of sp³-hybridized carbons (Fsp3) is 0.167. The van der Waals surface area contributed by atoms with Crippen LogP contribution in [0.4, 0.5) is 10.1 Å². The molecule has 0 fully saturated rings. The molecule has 0 radical (unpaired) electrons. The van der Waals surface area contributed by atoms with Crippen LogP contribution in [0.5, 0.6) is 0 Å². The van der Waals surface area contributed by atoms with Gasteiger partial charge in [0.05, 0.1) is 5.75 Å². The van der Waals surface area contributed by atoms with Gasteiger partial charge in [-0.1, -0.05) is 23.9 Å². The van der Waals surface area contributed by atoms with Crippen LogP contribution in [0.15, 0.2) is 53.7 Å². The fourth-order valence-electron chi connectivity index (χ4n) is 2.42. The molecule has 3 rings (SSSR count). The van der Waals surface area contributed by atoms with Crippen LogP contribution in [0.25, 0.3) is 11.4 Å². The normalized spacial score (nSPS) is 10.8. The predicted molar refractivity (Wildman–Crippen MR) is 97.0 cm³/mol. The summed E-state index contributed by atoms with van der Waals surface area (Å²) in [5, 5.41) is 9.09. The molecule has 0 aliphatic rings. The van der Waals surface area contributed by atoms with Crippen molar-refractivity contribution in [3.05, 3.63) is 59.9 Å². The molecule has 1 aromatic heterocycles. The maximum atomic E-state index is 12.9. The van der Waals surface area contributed by atoms with Gasteiger partial charge in [-0.05, 0) is 43.3 Å². The van der Waals surface area contributed by atoms with Gasteiger partial charge in [0.2, 0.25) is 0 Å². The molecule has 0 atom stereocenters. The molecule has 7 heteroatoms. The SMILES string of the molecule is CCn1c(SCC(=O)c2ccc(F)cc2)nnc1-c1cccc(N)c1. The van der Waals surface area contributed by atoms with E-state index in [1.807, 2.05) is 35.8 Å². The van der Waals surface area contributed by atoms with Crippen LogP contribution in [-0.2, 0) is 6.54 Å². The average Bonchev–Trinajstić information content (AvgIpc) is 3.03. The second-order valence-corrected chi connectivity index (χ2v) is 6.34. The van der Waals surface area contributed by atoms with E-state index >= 15 is 0 Å². The summed E-state index contributed by atoms with van der Waals surface area (Å²) in [5.74, 6) is 0.482. The standard InChI is InChI=1S/C18H17FN4OS/c1-2-23-17(13-4-3-5-15(20)10-13)21-22-18(23)25-11-16(24)12-6-8-14(19)9-7-12/h3-10H,2,11,20H2,1H3.